The Morgan fingerprint density at radius 2 is 1.74 bits per heavy atom. The monoisotopic (exact) mass is 479 g/mol. The fourth-order valence-corrected chi connectivity index (χ4v) is 4.50. The molecule has 7 heteroatoms. The Labute approximate surface area is 188 Å². The quantitative estimate of drug-likeness (QED) is 0.537. The van der Waals surface area contributed by atoms with Gasteiger partial charge in [0.05, 0.1) is 6.04 Å². The lowest BCUT2D eigenvalue weighted by Gasteiger charge is -2.23. The number of carbonyl (C=O) groups is 3. The molecule has 0 saturated carbocycles. The molecule has 1 heterocycles. The molecule has 3 aromatic rings. The molecule has 1 aliphatic rings. The third-order valence-corrected chi connectivity index (χ3v) is 6.37. The van der Waals surface area contributed by atoms with E-state index in [-0.39, 0.29) is 12.6 Å². The van der Waals surface area contributed by atoms with E-state index in [2.05, 4.69) is 26.6 Å². The van der Waals surface area contributed by atoms with Crippen molar-refractivity contribution in [3.8, 4) is 0 Å². The predicted octanol–water partition coefficient (Wildman–Crippen LogP) is 4.25. The highest BCUT2D eigenvalue weighted by Gasteiger charge is 2.49. The van der Waals surface area contributed by atoms with Gasteiger partial charge in [0.15, 0.2) is 0 Å². The summed E-state index contributed by atoms with van der Waals surface area (Å²) < 4.78 is 0.877. The molecule has 1 aliphatic heterocycles. The molecule has 2 unspecified atom stereocenters. The molecule has 1 fully saturated rings. The number of carbonyl (C=O) groups excluding carboxylic acids is 3. The lowest BCUT2D eigenvalue weighted by Crippen LogP contribution is -2.43. The first kappa shape index (κ1) is 21.1. The van der Waals surface area contributed by atoms with Gasteiger partial charge in [-0.25, -0.2) is 4.79 Å². The second kappa shape index (κ2) is 8.15. The smallest absolute Gasteiger partial charge is 0.325 e. The van der Waals surface area contributed by atoms with Gasteiger partial charge in [0.25, 0.3) is 5.91 Å². The summed E-state index contributed by atoms with van der Waals surface area (Å²) in [6.45, 7) is 3.17. The molecule has 6 nitrogen and oxygen atoms in total. The van der Waals surface area contributed by atoms with Crippen LogP contribution in [0.3, 0.4) is 0 Å². The van der Waals surface area contributed by atoms with E-state index >= 15 is 0 Å². The van der Waals surface area contributed by atoms with Gasteiger partial charge in [0.1, 0.15) is 12.1 Å². The van der Waals surface area contributed by atoms with Gasteiger partial charge in [-0.3, -0.25) is 14.5 Å². The summed E-state index contributed by atoms with van der Waals surface area (Å²) in [6.07, 6.45) is 0. The van der Waals surface area contributed by atoms with Crippen LogP contribution in [-0.2, 0) is 15.1 Å². The molecule has 0 aromatic heterocycles. The zero-order valence-electron chi connectivity index (χ0n) is 17.2. The van der Waals surface area contributed by atoms with E-state index < -0.39 is 23.4 Å². The maximum Gasteiger partial charge on any atom is 0.325 e. The molecule has 2 N–H and O–H groups in total. The second-order valence-electron chi connectivity index (χ2n) is 7.82. The number of halogens is 1. The van der Waals surface area contributed by atoms with Crippen molar-refractivity contribution in [2.24, 2.45) is 0 Å². The van der Waals surface area contributed by atoms with Crippen LogP contribution in [0.4, 0.5) is 4.79 Å². The average Bonchev–Trinajstić information content (AvgIpc) is 2.97. The molecule has 0 spiro atoms. The summed E-state index contributed by atoms with van der Waals surface area (Å²) in [4.78, 5) is 39.3. The van der Waals surface area contributed by atoms with Crippen LogP contribution in [0.15, 0.2) is 71.2 Å². The molecule has 3 aromatic carbocycles. The summed E-state index contributed by atoms with van der Waals surface area (Å²) in [6, 6.07) is 20.2. The fraction of sp³-hybridized carbons (Fsp3) is 0.208. The van der Waals surface area contributed by atoms with Gasteiger partial charge in [0.2, 0.25) is 5.91 Å². The van der Waals surface area contributed by atoms with Crippen LogP contribution in [0.5, 0.6) is 0 Å². The maximum atomic E-state index is 13.2. The number of imide groups is 1. The number of fused-ring (bicyclic) bond motifs is 1. The number of hydrogen-bond acceptors (Lipinski definition) is 3. The minimum Gasteiger partial charge on any atom is -0.348 e. The first-order chi connectivity index (χ1) is 14.8. The maximum absolute atomic E-state index is 13.2. The number of hydrogen-bond donors (Lipinski definition) is 2. The van der Waals surface area contributed by atoms with Crippen molar-refractivity contribution < 1.29 is 14.4 Å². The highest BCUT2D eigenvalue weighted by atomic mass is 79.9. The largest absolute Gasteiger partial charge is 0.348 e. The Kier molecular flexibility index (Phi) is 5.54. The molecular weight excluding hydrogens is 458 g/mol. The van der Waals surface area contributed by atoms with E-state index in [4.69, 9.17) is 0 Å². The first-order valence-electron chi connectivity index (χ1n) is 9.97. The molecule has 0 radical (unpaired) electrons. The van der Waals surface area contributed by atoms with Crippen molar-refractivity contribution in [3.63, 3.8) is 0 Å². The third-order valence-electron chi connectivity index (χ3n) is 5.65. The zero-order valence-corrected chi connectivity index (χ0v) is 18.8. The van der Waals surface area contributed by atoms with Gasteiger partial charge in [0, 0.05) is 4.47 Å². The van der Waals surface area contributed by atoms with Crippen LogP contribution < -0.4 is 10.6 Å². The zero-order chi connectivity index (χ0) is 22.2. The average molecular weight is 480 g/mol. The Hall–Kier alpha value is -3.19. The van der Waals surface area contributed by atoms with E-state index in [9.17, 15) is 14.4 Å². The van der Waals surface area contributed by atoms with Crippen molar-refractivity contribution >= 4 is 44.5 Å². The van der Waals surface area contributed by atoms with Crippen LogP contribution in [0.1, 0.15) is 31.0 Å². The van der Waals surface area contributed by atoms with Gasteiger partial charge < -0.3 is 10.6 Å². The van der Waals surface area contributed by atoms with Crippen molar-refractivity contribution in [1.29, 1.82) is 0 Å². The fourth-order valence-electron chi connectivity index (χ4n) is 3.87. The summed E-state index contributed by atoms with van der Waals surface area (Å²) in [5.41, 5.74) is 0.359. The highest BCUT2D eigenvalue weighted by Crippen LogP contribution is 2.31. The van der Waals surface area contributed by atoms with Crippen molar-refractivity contribution in [3.05, 3.63) is 82.3 Å². The van der Waals surface area contributed by atoms with Crippen molar-refractivity contribution in [1.82, 2.24) is 15.5 Å². The number of nitrogens with zero attached hydrogens (tertiary/aromatic N) is 1. The molecule has 0 bridgehead atoms. The lowest BCUT2D eigenvalue weighted by molar-refractivity contribution is -0.135. The van der Waals surface area contributed by atoms with Gasteiger partial charge in [-0.1, -0.05) is 70.5 Å². The molecule has 31 heavy (non-hydrogen) atoms. The van der Waals surface area contributed by atoms with Gasteiger partial charge in [-0.15, -0.1) is 0 Å². The predicted molar refractivity (Wildman–Crippen MR) is 122 cm³/mol. The number of benzene rings is 3. The van der Waals surface area contributed by atoms with Crippen LogP contribution in [0.2, 0.25) is 0 Å². The van der Waals surface area contributed by atoms with Crippen LogP contribution in [-0.4, -0.2) is 29.3 Å². The lowest BCUT2D eigenvalue weighted by atomic mass is 9.90. The molecule has 4 rings (SSSR count). The van der Waals surface area contributed by atoms with Crippen LogP contribution in [0.25, 0.3) is 10.8 Å². The number of amides is 4. The van der Waals surface area contributed by atoms with E-state index in [0.717, 1.165) is 25.7 Å². The molecule has 4 amide bonds. The van der Waals surface area contributed by atoms with Crippen LogP contribution >= 0.6 is 15.9 Å². The molecule has 0 aliphatic carbocycles. The minimum absolute atomic E-state index is 0.282. The van der Waals surface area contributed by atoms with E-state index in [1.54, 1.807) is 6.92 Å². The second-order valence-corrected chi connectivity index (χ2v) is 8.67. The Morgan fingerprint density at radius 3 is 2.48 bits per heavy atom. The minimum atomic E-state index is -1.23. The van der Waals surface area contributed by atoms with E-state index in [1.165, 1.54) is 0 Å². The van der Waals surface area contributed by atoms with Gasteiger partial charge >= 0.3 is 6.03 Å². The van der Waals surface area contributed by atoms with Crippen molar-refractivity contribution in [2.45, 2.75) is 25.4 Å². The van der Waals surface area contributed by atoms with Crippen molar-refractivity contribution in [2.75, 3.05) is 6.54 Å². The highest BCUT2D eigenvalue weighted by molar-refractivity contribution is 9.10. The van der Waals surface area contributed by atoms with Crippen LogP contribution in [0, 0.1) is 0 Å². The standard InChI is InChI=1S/C24H22BrN3O3/c1-15(19-9-5-6-10-20(19)25)26-21(29)14-28-22(30)24(2,27-23(28)31)18-12-11-16-7-3-4-8-17(16)13-18/h3-13,15H,14H2,1-2H3,(H,26,29)(H,27,31). The molecule has 1 saturated heterocycles. The SMILES string of the molecule is CC(NC(=O)CN1C(=O)NC(C)(c2ccc3ccccc3c2)C1=O)c1ccccc1Br. The molecular formula is C24H22BrN3O3. The summed E-state index contributed by atoms with van der Waals surface area (Å²) >= 11 is 3.47. The number of nitrogens with one attached hydrogen (secondary N) is 2. The topological polar surface area (TPSA) is 78.5 Å². The Balaban J connectivity index is 1.51. The number of urea groups is 1. The Morgan fingerprint density at radius 1 is 1.06 bits per heavy atom. The van der Waals surface area contributed by atoms with Gasteiger partial charge in [-0.05, 0) is 47.9 Å². The third kappa shape index (κ3) is 3.93. The number of rotatable bonds is 5. The van der Waals surface area contributed by atoms with E-state index in [0.29, 0.717) is 5.56 Å². The summed E-state index contributed by atoms with van der Waals surface area (Å²) in [7, 11) is 0. The van der Waals surface area contributed by atoms with E-state index in [1.807, 2.05) is 73.7 Å². The summed E-state index contributed by atoms with van der Waals surface area (Å²) in [5.74, 6) is -0.856. The first-order valence-corrected chi connectivity index (χ1v) is 10.8. The van der Waals surface area contributed by atoms with Gasteiger partial charge in [-0.2, -0.15) is 0 Å². The Bertz CT molecular complexity index is 1200. The normalized spacial score (nSPS) is 19.4. The molecule has 158 valence electrons. The molecule has 2 atom stereocenters. The summed E-state index contributed by atoms with van der Waals surface area (Å²) in [5, 5.41) is 7.63.